The highest BCUT2D eigenvalue weighted by Gasteiger charge is 2.07. The van der Waals surface area contributed by atoms with Crippen molar-refractivity contribution >= 4 is 17.4 Å². The fraction of sp³-hybridized carbons (Fsp3) is 0.278. The minimum absolute atomic E-state index is 0.768. The van der Waals surface area contributed by atoms with Gasteiger partial charge in [0.15, 0.2) is 0 Å². The number of benzene rings is 2. The first-order valence-electron chi connectivity index (χ1n) is 7.29. The lowest BCUT2D eigenvalue weighted by Crippen LogP contribution is -2.05. The van der Waals surface area contributed by atoms with Crippen LogP contribution in [-0.4, -0.2) is 12.3 Å². The summed E-state index contributed by atoms with van der Waals surface area (Å²) >= 11 is 1.71. The van der Waals surface area contributed by atoms with Crippen LogP contribution >= 0.6 is 11.8 Å². The predicted octanol–water partition coefficient (Wildman–Crippen LogP) is 4.71. The van der Waals surface area contributed by atoms with E-state index in [1.165, 1.54) is 5.56 Å². The van der Waals surface area contributed by atoms with Gasteiger partial charge in [-0.25, -0.2) is 0 Å². The Morgan fingerprint density at radius 3 is 2.62 bits per heavy atom. The molecule has 0 unspecified atom stereocenters. The average molecular weight is 296 g/mol. The zero-order valence-corrected chi connectivity index (χ0v) is 13.1. The summed E-state index contributed by atoms with van der Waals surface area (Å²) in [5.74, 6) is 0.978. The highest BCUT2D eigenvalue weighted by Crippen LogP contribution is 2.27. The summed E-state index contributed by atoms with van der Waals surface area (Å²) in [6, 6.07) is 18.8. The van der Waals surface area contributed by atoms with Crippen LogP contribution in [0.1, 0.15) is 24.5 Å². The highest BCUT2D eigenvalue weighted by molar-refractivity contribution is 7.99. The van der Waals surface area contributed by atoms with E-state index in [1.807, 2.05) is 24.3 Å². The molecule has 3 heteroatoms. The van der Waals surface area contributed by atoms with Crippen molar-refractivity contribution < 1.29 is 0 Å². The van der Waals surface area contributed by atoms with E-state index in [4.69, 9.17) is 0 Å². The van der Waals surface area contributed by atoms with E-state index in [-0.39, 0.29) is 0 Å². The van der Waals surface area contributed by atoms with Crippen LogP contribution in [0.15, 0.2) is 53.4 Å². The van der Waals surface area contributed by atoms with Gasteiger partial charge >= 0.3 is 0 Å². The molecule has 0 radical (unpaired) electrons. The first kappa shape index (κ1) is 15.5. The second-order valence-corrected chi connectivity index (χ2v) is 6.05. The summed E-state index contributed by atoms with van der Waals surface area (Å²) < 4.78 is 0. The molecule has 0 amide bonds. The van der Waals surface area contributed by atoms with E-state index >= 15 is 0 Å². The van der Waals surface area contributed by atoms with Crippen molar-refractivity contribution in [2.75, 3.05) is 17.6 Å². The lowest BCUT2D eigenvalue weighted by molar-refractivity contribution is 0.862. The maximum atomic E-state index is 9.36. The van der Waals surface area contributed by atoms with Gasteiger partial charge in [-0.15, -0.1) is 11.8 Å². The third-order valence-electron chi connectivity index (χ3n) is 3.24. The molecule has 108 valence electrons. The number of nitriles is 1. The van der Waals surface area contributed by atoms with Gasteiger partial charge in [-0.1, -0.05) is 43.3 Å². The van der Waals surface area contributed by atoms with Crippen LogP contribution < -0.4 is 5.32 Å². The molecule has 0 heterocycles. The molecule has 0 atom stereocenters. The normalized spacial score (nSPS) is 10.1. The number of anilines is 1. The van der Waals surface area contributed by atoms with Gasteiger partial charge in [0.25, 0.3) is 0 Å². The molecule has 0 fully saturated rings. The maximum absolute atomic E-state index is 9.36. The molecule has 0 aliphatic rings. The van der Waals surface area contributed by atoms with Crippen LogP contribution in [0.25, 0.3) is 0 Å². The SMILES string of the molecule is CCSc1cccc(NCCCc2ccccc2)c1C#N. The first-order chi connectivity index (χ1) is 10.3. The van der Waals surface area contributed by atoms with Crippen molar-refractivity contribution in [3.05, 3.63) is 59.7 Å². The molecular weight excluding hydrogens is 276 g/mol. The average Bonchev–Trinajstić information content (AvgIpc) is 2.53. The van der Waals surface area contributed by atoms with E-state index in [9.17, 15) is 5.26 Å². The topological polar surface area (TPSA) is 35.8 Å². The first-order valence-corrected chi connectivity index (χ1v) is 8.27. The summed E-state index contributed by atoms with van der Waals surface area (Å²) in [5, 5.41) is 12.8. The van der Waals surface area contributed by atoms with E-state index in [0.29, 0.717) is 0 Å². The van der Waals surface area contributed by atoms with Crippen molar-refractivity contribution in [2.45, 2.75) is 24.7 Å². The molecule has 2 rings (SSSR count). The zero-order valence-electron chi connectivity index (χ0n) is 12.3. The molecule has 2 aromatic carbocycles. The van der Waals surface area contributed by atoms with Gasteiger partial charge in [-0.3, -0.25) is 0 Å². The van der Waals surface area contributed by atoms with Crippen LogP contribution in [0.4, 0.5) is 5.69 Å². The number of aryl methyl sites for hydroxylation is 1. The molecule has 0 aliphatic carbocycles. The van der Waals surface area contributed by atoms with Gasteiger partial charge in [-0.05, 0) is 36.3 Å². The molecule has 1 N–H and O–H groups in total. The second-order valence-electron chi connectivity index (χ2n) is 4.74. The Labute approximate surface area is 131 Å². The van der Waals surface area contributed by atoms with Gasteiger partial charge in [-0.2, -0.15) is 5.26 Å². The second kappa shape index (κ2) is 8.39. The zero-order chi connectivity index (χ0) is 14.9. The van der Waals surface area contributed by atoms with Crippen molar-refractivity contribution in [3.8, 4) is 6.07 Å². The fourth-order valence-electron chi connectivity index (χ4n) is 2.23. The van der Waals surface area contributed by atoms with Crippen molar-refractivity contribution in [2.24, 2.45) is 0 Å². The number of hydrogen-bond acceptors (Lipinski definition) is 3. The molecule has 21 heavy (non-hydrogen) atoms. The predicted molar refractivity (Wildman–Crippen MR) is 90.8 cm³/mol. The lowest BCUT2D eigenvalue weighted by atomic mass is 10.1. The van der Waals surface area contributed by atoms with Gasteiger partial charge in [0.05, 0.1) is 11.3 Å². The Hall–Kier alpha value is -1.92. The van der Waals surface area contributed by atoms with Crippen molar-refractivity contribution in [1.29, 1.82) is 5.26 Å². The van der Waals surface area contributed by atoms with E-state index in [2.05, 4.69) is 42.6 Å². The quantitative estimate of drug-likeness (QED) is 0.593. The Bertz CT molecular complexity index is 602. The largest absolute Gasteiger partial charge is 0.384 e. The summed E-state index contributed by atoms with van der Waals surface area (Å²) in [4.78, 5) is 1.06. The number of rotatable bonds is 7. The molecule has 2 nitrogen and oxygen atoms in total. The Balaban J connectivity index is 1.91. The standard InChI is InChI=1S/C18H20N2S/c1-2-21-18-12-6-11-17(16(18)14-19)20-13-7-10-15-8-4-3-5-9-15/h3-6,8-9,11-12,20H,2,7,10,13H2,1H3. The van der Waals surface area contributed by atoms with Gasteiger partial charge in [0, 0.05) is 11.4 Å². The van der Waals surface area contributed by atoms with Crippen LogP contribution in [0.2, 0.25) is 0 Å². The molecule has 2 aromatic rings. The molecule has 0 spiro atoms. The van der Waals surface area contributed by atoms with E-state index in [0.717, 1.165) is 41.3 Å². The summed E-state index contributed by atoms with van der Waals surface area (Å²) in [5.41, 5.74) is 3.07. The number of hydrogen-bond donors (Lipinski definition) is 1. The molecule has 0 saturated carbocycles. The Morgan fingerprint density at radius 2 is 1.90 bits per heavy atom. The van der Waals surface area contributed by atoms with Crippen LogP contribution in [0.5, 0.6) is 0 Å². The van der Waals surface area contributed by atoms with Gasteiger partial charge in [0.1, 0.15) is 6.07 Å². The monoisotopic (exact) mass is 296 g/mol. The molecule has 0 aliphatic heterocycles. The lowest BCUT2D eigenvalue weighted by Gasteiger charge is -2.11. The van der Waals surface area contributed by atoms with E-state index in [1.54, 1.807) is 11.8 Å². The highest BCUT2D eigenvalue weighted by atomic mass is 32.2. The van der Waals surface area contributed by atoms with Crippen molar-refractivity contribution in [1.82, 2.24) is 0 Å². The maximum Gasteiger partial charge on any atom is 0.102 e. The van der Waals surface area contributed by atoms with Crippen molar-refractivity contribution in [3.63, 3.8) is 0 Å². The minimum Gasteiger partial charge on any atom is -0.384 e. The van der Waals surface area contributed by atoms with Gasteiger partial charge in [0.2, 0.25) is 0 Å². The summed E-state index contributed by atoms with van der Waals surface area (Å²) in [6.45, 7) is 2.98. The number of nitrogens with zero attached hydrogens (tertiary/aromatic N) is 1. The van der Waals surface area contributed by atoms with Gasteiger partial charge < -0.3 is 5.32 Å². The van der Waals surface area contributed by atoms with E-state index < -0.39 is 0 Å². The smallest absolute Gasteiger partial charge is 0.102 e. The Morgan fingerprint density at radius 1 is 1.10 bits per heavy atom. The van der Waals surface area contributed by atoms with Crippen LogP contribution in [0, 0.1) is 11.3 Å². The third-order valence-corrected chi connectivity index (χ3v) is 4.18. The molecular formula is C18H20N2S. The molecule has 0 saturated heterocycles. The summed E-state index contributed by atoms with van der Waals surface area (Å²) in [7, 11) is 0. The van der Waals surface area contributed by atoms with Crippen LogP contribution in [0.3, 0.4) is 0 Å². The fourth-order valence-corrected chi connectivity index (χ4v) is 3.02. The van der Waals surface area contributed by atoms with Crippen LogP contribution in [-0.2, 0) is 6.42 Å². The molecule has 0 bridgehead atoms. The number of thioether (sulfide) groups is 1. The Kier molecular flexibility index (Phi) is 6.18. The molecule has 0 aromatic heterocycles. The minimum atomic E-state index is 0.768. The summed E-state index contributed by atoms with van der Waals surface area (Å²) in [6.07, 6.45) is 2.11. The number of nitrogens with one attached hydrogen (secondary N) is 1. The third kappa shape index (κ3) is 4.54.